The van der Waals surface area contributed by atoms with Crippen molar-refractivity contribution < 1.29 is 13.2 Å². The summed E-state index contributed by atoms with van der Waals surface area (Å²) in [5.74, 6) is 0.645. The highest BCUT2D eigenvalue weighted by molar-refractivity contribution is 9.10. The highest BCUT2D eigenvalue weighted by atomic mass is 79.9. The lowest BCUT2D eigenvalue weighted by Gasteiger charge is -2.11. The molecule has 0 amide bonds. The standard InChI is InChI=1S/C11H10BrF3N2/c1-6-5-16-10(17-6)7-2-3-8(9(12)4-7)11(13,14)15/h2-4,6H,5H2,1H3,(H,16,17). The maximum absolute atomic E-state index is 12.5. The van der Waals surface area contributed by atoms with Gasteiger partial charge in [-0.15, -0.1) is 0 Å². The summed E-state index contributed by atoms with van der Waals surface area (Å²) in [6.07, 6.45) is -4.34. The van der Waals surface area contributed by atoms with Crippen molar-refractivity contribution >= 4 is 21.8 Å². The topological polar surface area (TPSA) is 24.4 Å². The molecule has 0 aliphatic carbocycles. The molecule has 0 radical (unpaired) electrons. The first-order valence-electron chi connectivity index (χ1n) is 5.06. The van der Waals surface area contributed by atoms with E-state index in [0.29, 0.717) is 17.9 Å². The van der Waals surface area contributed by atoms with Gasteiger partial charge in [0.15, 0.2) is 0 Å². The molecule has 0 aromatic heterocycles. The van der Waals surface area contributed by atoms with Crippen LogP contribution in [0.4, 0.5) is 13.2 Å². The number of hydrogen-bond acceptors (Lipinski definition) is 2. The second-order valence-corrected chi connectivity index (χ2v) is 4.78. The highest BCUT2D eigenvalue weighted by Gasteiger charge is 2.33. The fourth-order valence-electron chi connectivity index (χ4n) is 1.62. The predicted octanol–water partition coefficient (Wildman–Crippen LogP) is 3.21. The van der Waals surface area contributed by atoms with Crippen LogP contribution in [0, 0.1) is 0 Å². The van der Waals surface area contributed by atoms with Gasteiger partial charge in [0.2, 0.25) is 0 Å². The predicted molar refractivity (Wildman–Crippen MR) is 63.1 cm³/mol. The molecule has 1 N–H and O–H groups in total. The van der Waals surface area contributed by atoms with Crippen molar-refractivity contribution in [2.75, 3.05) is 6.54 Å². The molecule has 2 rings (SSSR count). The van der Waals surface area contributed by atoms with Crippen LogP contribution in [0.3, 0.4) is 0 Å². The Hall–Kier alpha value is -1.04. The maximum atomic E-state index is 12.5. The maximum Gasteiger partial charge on any atom is 0.417 e. The second kappa shape index (κ2) is 4.33. The fourth-order valence-corrected chi connectivity index (χ4v) is 2.22. The molecule has 1 unspecified atom stereocenters. The summed E-state index contributed by atoms with van der Waals surface area (Å²) >= 11 is 2.94. The molecule has 1 heterocycles. The van der Waals surface area contributed by atoms with Gasteiger partial charge < -0.3 is 5.32 Å². The molecular formula is C11H10BrF3N2. The Balaban J connectivity index is 2.32. The Morgan fingerprint density at radius 1 is 1.41 bits per heavy atom. The summed E-state index contributed by atoms with van der Waals surface area (Å²) in [6.45, 7) is 2.61. The SMILES string of the molecule is CC1CN=C(c2ccc(C(F)(F)F)c(Br)c2)N1. The lowest BCUT2D eigenvalue weighted by Crippen LogP contribution is -2.27. The van der Waals surface area contributed by atoms with Crippen molar-refractivity contribution in [3.05, 3.63) is 33.8 Å². The molecule has 92 valence electrons. The van der Waals surface area contributed by atoms with Gasteiger partial charge in [0.25, 0.3) is 0 Å². The van der Waals surface area contributed by atoms with E-state index >= 15 is 0 Å². The van der Waals surface area contributed by atoms with Gasteiger partial charge in [-0.1, -0.05) is 22.0 Å². The van der Waals surface area contributed by atoms with Gasteiger partial charge in [0.1, 0.15) is 5.84 Å². The van der Waals surface area contributed by atoms with Crippen LogP contribution >= 0.6 is 15.9 Å². The van der Waals surface area contributed by atoms with E-state index in [1.807, 2.05) is 6.92 Å². The average molecular weight is 307 g/mol. The van der Waals surface area contributed by atoms with Gasteiger partial charge >= 0.3 is 6.18 Å². The Labute approximate surface area is 105 Å². The van der Waals surface area contributed by atoms with E-state index in [-0.39, 0.29) is 10.5 Å². The van der Waals surface area contributed by atoms with Crippen molar-refractivity contribution in [3.8, 4) is 0 Å². The van der Waals surface area contributed by atoms with Gasteiger partial charge in [-0.25, -0.2) is 0 Å². The number of halogens is 4. The van der Waals surface area contributed by atoms with Crippen LogP contribution in [0.25, 0.3) is 0 Å². The summed E-state index contributed by atoms with van der Waals surface area (Å²) < 4.78 is 37.7. The van der Waals surface area contributed by atoms with E-state index in [0.717, 1.165) is 6.07 Å². The second-order valence-electron chi connectivity index (χ2n) is 3.93. The minimum absolute atomic E-state index is 0.0338. The monoisotopic (exact) mass is 306 g/mol. The lowest BCUT2D eigenvalue weighted by atomic mass is 10.1. The normalized spacial score (nSPS) is 20.1. The van der Waals surface area contributed by atoms with Crippen LogP contribution in [0.5, 0.6) is 0 Å². The van der Waals surface area contributed by atoms with Crippen LogP contribution in [-0.2, 0) is 6.18 Å². The first-order valence-corrected chi connectivity index (χ1v) is 5.85. The van der Waals surface area contributed by atoms with E-state index in [2.05, 4.69) is 26.2 Å². The summed E-state index contributed by atoms with van der Waals surface area (Å²) in [4.78, 5) is 4.22. The fraction of sp³-hybridized carbons (Fsp3) is 0.364. The first kappa shape index (κ1) is 12.4. The highest BCUT2D eigenvalue weighted by Crippen LogP contribution is 2.35. The van der Waals surface area contributed by atoms with Gasteiger partial charge in [-0.05, 0) is 19.1 Å². The van der Waals surface area contributed by atoms with Crippen molar-refractivity contribution in [1.29, 1.82) is 0 Å². The van der Waals surface area contributed by atoms with Crippen LogP contribution in [0.15, 0.2) is 27.7 Å². The molecule has 0 bridgehead atoms. The number of amidine groups is 1. The Kier molecular flexibility index (Phi) is 3.16. The molecule has 0 saturated heterocycles. The van der Waals surface area contributed by atoms with Crippen LogP contribution in [0.2, 0.25) is 0 Å². The average Bonchev–Trinajstić information content (AvgIpc) is 2.62. The van der Waals surface area contributed by atoms with Crippen molar-refractivity contribution in [1.82, 2.24) is 5.32 Å². The lowest BCUT2D eigenvalue weighted by molar-refractivity contribution is -0.138. The van der Waals surface area contributed by atoms with Gasteiger partial charge in [-0.2, -0.15) is 13.2 Å². The summed E-state index contributed by atoms with van der Waals surface area (Å²) in [5, 5.41) is 3.10. The summed E-state index contributed by atoms with van der Waals surface area (Å²) in [6, 6.07) is 4.16. The number of alkyl halides is 3. The van der Waals surface area contributed by atoms with Crippen molar-refractivity contribution in [2.24, 2.45) is 4.99 Å². The molecule has 1 aliphatic heterocycles. The first-order chi connectivity index (χ1) is 7.88. The van der Waals surface area contributed by atoms with Crippen molar-refractivity contribution in [2.45, 2.75) is 19.1 Å². The smallest absolute Gasteiger partial charge is 0.366 e. The number of nitrogens with one attached hydrogen (secondary N) is 1. The molecule has 0 fully saturated rings. The molecule has 1 aromatic rings. The number of nitrogens with zero attached hydrogens (tertiary/aromatic N) is 1. The van der Waals surface area contributed by atoms with E-state index in [1.54, 1.807) is 0 Å². The molecule has 6 heteroatoms. The molecule has 0 saturated carbocycles. The minimum Gasteiger partial charge on any atom is -0.366 e. The van der Waals surface area contributed by atoms with Gasteiger partial charge in [-0.3, -0.25) is 4.99 Å². The molecule has 1 aromatic carbocycles. The molecular weight excluding hydrogens is 297 g/mol. The number of rotatable bonds is 1. The van der Waals surface area contributed by atoms with E-state index in [9.17, 15) is 13.2 Å². The molecule has 1 atom stereocenters. The molecule has 1 aliphatic rings. The quantitative estimate of drug-likeness (QED) is 0.846. The Morgan fingerprint density at radius 2 is 2.12 bits per heavy atom. The van der Waals surface area contributed by atoms with Gasteiger partial charge in [0, 0.05) is 16.1 Å². The van der Waals surface area contributed by atoms with E-state index in [4.69, 9.17) is 0 Å². The third kappa shape index (κ3) is 2.62. The van der Waals surface area contributed by atoms with E-state index in [1.165, 1.54) is 12.1 Å². The van der Waals surface area contributed by atoms with Crippen LogP contribution in [0.1, 0.15) is 18.1 Å². The zero-order valence-electron chi connectivity index (χ0n) is 8.98. The molecule has 0 spiro atoms. The largest absolute Gasteiger partial charge is 0.417 e. The Bertz CT molecular complexity index is 468. The molecule has 17 heavy (non-hydrogen) atoms. The van der Waals surface area contributed by atoms with E-state index < -0.39 is 11.7 Å². The third-order valence-electron chi connectivity index (χ3n) is 2.45. The number of hydrogen-bond donors (Lipinski definition) is 1. The summed E-state index contributed by atoms with van der Waals surface area (Å²) in [7, 11) is 0. The summed E-state index contributed by atoms with van der Waals surface area (Å²) in [5.41, 5.74) is -0.0119. The minimum atomic E-state index is -4.34. The number of benzene rings is 1. The van der Waals surface area contributed by atoms with Crippen LogP contribution < -0.4 is 5.32 Å². The zero-order valence-corrected chi connectivity index (χ0v) is 10.6. The van der Waals surface area contributed by atoms with Gasteiger partial charge in [0.05, 0.1) is 12.1 Å². The van der Waals surface area contributed by atoms with Crippen LogP contribution in [-0.4, -0.2) is 18.4 Å². The molecule has 2 nitrogen and oxygen atoms in total. The number of aliphatic imine (C=N–C) groups is 1. The third-order valence-corrected chi connectivity index (χ3v) is 3.11. The van der Waals surface area contributed by atoms with Crippen molar-refractivity contribution in [3.63, 3.8) is 0 Å². The Morgan fingerprint density at radius 3 is 2.59 bits per heavy atom. The zero-order chi connectivity index (χ0) is 12.6.